The monoisotopic (exact) mass is 851 g/mol. The standard InChI is InChI=1S/C47H70N4O10/c1-31(22-16-13-14-21-29-51(6)47(48)49)23-17-15-18-24-32(2)30-35(5)42(60-46-41(55)39(53)40(54)43(61-46)45(57)58)33(3)25-19-11-9-8-10-12-20-26-34(4)44(56)50-38-36(52)27-28-37(38)59-7/h8-13,16-17,19-20,23,25-26,30-33,39-43,46,53-55H,14-15,18,21-22,24,27-29H2,1-7H3,(H3,48,49)(H,50,56)(H,57,58). The number of ketones is 1. The van der Waals surface area contributed by atoms with Gasteiger partial charge in [0.1, 0.15) is 29.8 Å². The van der Waals surface area contributed by atoms with Crippen LogP contribution in [-0.4, -0.2) is 106 Å². The van der Waals surface area contributed by atoms with Crippen molar-refractivity contribution in [3.63, 3.8) is 0 Å². The summed E-state index contributed by atoms with van der Waals surface area (Å²) in [5.41, 5.74) is 6.95. The number of aliphatic hydroxyl groups is 3. The van der Waals surface area contributed by atoms with Crippen molar-refractivity contribution in [3.8, 4) is 0 Å². The second-order valence-corrected chi connectivity index (χ2v) is 15.8. The van der Waals surface area contributed by atoms with Gasteiger partial charge in [-0.3, -0.25) is 15.0 Å². The molecule has 338 valence electrons. The van der Waals surface area contributed by atoms with Gasteiger partial charge in [0.15, 0.2) is 24.1 Å². The third-order valence-corrected chi connectivity index (χ3v) is 10.4. The summed E-state index contributed by atoms with van der Waals surface area (Å²) in [6, 6.07) is 0. The number of rotatable bonds is 25. The molecular weight excluding hydrogens is 781 g/mol. The Morgan fingerprint density at radius 1 is 0.918 bits per heavy atom. The van der Waals surface area contributed by atoms with Gasteiger partial charge in [-0.1, -0.05) is 106 Å². The SMILES string of the molecule is COC1=C(NC(=O)C(C)=CC=CC=CC=CC=CC(C)C(OC2OC(C(=O)O)C(O)C(O)C2O)C(C)=CC(C)CCCC=CC(C)CC=CCCCN(C)C(=N)N)C(=O)CC1. The molecule has 0 saturated carbocycles. The maximum absolute atomic E-state index is 12.5. The molecule has 0 bridgehead atoms. The lowest BCUT2D eigenvalue weighted by atomic mass is 9.92. The number of carbonyl (C=O) groups excluding carboxylic acids is 2. The van der Waals surface area contributed by atoms with E-state index in [-0.39, 0.29) is 35.2 Å². The molecule has 9 unspecified atom stereocenters. The van der Waals surface area contributed by atoms with Crippen LogP contribution in [0.15, 0.2) is 108 Å². The number of carbonyl (C=O) groups is 3. The molecule has 0 aromatic carbocycles. The number of unbranched alkanes of at least 4 members (excludes halogenated alkanes) is 2. The smallest absolute Gasteiger partial charge is 0.335 e. The van der Waals surface area contributed by atoms with Crippen LogP contribution in [0, 0.1) is 23.2 Å². The van der Waals surface area contributed by atoms with Crippen LogP contribution >= 0.6 is 0 Å². The number of amides is 1. The van der Waals surface area contributed by atoms with E-state index in [9.17, 15) is 34.8 Å². The summed E-state index contributed by atoms with van der Waals surface area (Å²) in [5.74, 6) is -1.13. The van der Waals surface area contributed by atoms with Crippen LogP contribution in [0.4, 0.5) is 0 Å². The third-order valence-electron chi connectivity index (χ3n) is 10.4. The molecule has 0 aromatic heterocycles. The van der Waals surface area contributed by atoms with Crippen LogP contribution in [0.2, 0.25) is 0 Å². The number of carboxylic acids is 1. The van der Waals surface area contributed by atoms with Gasteiger partial charge in [0.05, 0.1) is 13.2 Å². The van der Waals surface area contributed by atoms with Crippen LogP contribution in [0.5, 0.6) is 0 Å². The highest BCUT2D eigenvalue weighted by Crippen LogP contribution is 2.29. The molecule has 1 saturated heterocycles. The summed E-state index contributed by atoms with van der Waals surface area (Å²) in [5, 5.41) is 51.0. The van der Waals surface area contributed by atoms with Crippen molar-refractivity contribution in [2.24, 2.45) is 23.5 Å². The van der Waals surface area contributed by atoms with E-state index in [1.807, 2.05) is 51.3 Å². The molecule has 0 aromatic rings. The van der Waals surface area contributed by atoms with E-state index in [4.69, 9.17) is 25.4 Å². The molecule has 2 aliphatic rings. The van der Waals surface area contributed by atoms with Crippen LogP contribution in [-0.2, 0) is 28.6 Å². The minimum atomic E-state index is -1.83. The fourth-order valence-electron chi connectivity index (χ4n) is 6.67. The zero-order valence-electron chi connectivity index (χ0n) is 36.9. The zero-order valence-corrected chi connectivity index (χ0v) is 36.9. The Morgan fingerprint density at radius 2 is 1.57 bits per heavy atom. The molecule has 14 heteroatoms. The summed E-state index contributed by atoms with van der Waals surface area (Å²) in [6.45, 7) is 10.5. The Hall–Kier alpha value is -4.86. The van der Waals surface area contributed by atoms with Crippen molar-refractivity contribution in [1.82, 2.24) is 10.2 Å². The normalized spacial score (nSPS) is 23.9. The quantitative estimate of drug-likeness (QED) is 0.0142. The Labute approximate surface area is 362 Å². The summed E-state index contributed by atoms with van der Waals surface area (Å²) in [4.78, 5) is 38.0. The first-order valence-corrected chi connectivity index (χ1v) is 21.1. The second kappa shape index (κ2) is 27.9. The minimum Gasteiger partial charge on any atom is -0.499 e. The van der Waals surface area contributed by atoms with Gasteiger partial charge in [0.25, 0.3) is 5.91 Å². The van der Waals surface area contributed by atoms with Gasteiger partial charge in [-0.2, -0.15) is 0 Å². The summed E-state index contributed by atoms with van der Waals surface area (Å²) >= 11 is 0. The fraction of sp³-hybridized carbons (Fsp3) is 0.532. The van der Waals surface area contributed by atoms with Crippen molar-refractivity contribution in [1.29, 1.82) is 5.41 Å². The van der Waals surface area contributed by atoms with Gasteiger partial charge in [-0.25, -0.2) is 4.79 Å². The predicted octanol–water partition coefficient (Wildman–Crippen LogP) is 5.90. The molecule has 1 heterocycles. The van der Waals surface area contributed by atoms with Gasteiger partial charge in [0.2, 0.25) is 0 Å². The summed E-state index contributed by atoms with van der Waals surface area (Å²) in [7, 11) is 3.29. The molecule has 0 spiro atoms. The van der Waals surface area contributed by atoms with Crippen molar-refractivity contribution >= 4 is 23.6 Å². The zero-order chi connectivity index (χ0) is 45.5. The molecule has 1 aliphatic heterocycles. The van der Waals surface area contributed by atoms with E-state index in [1.54, 1.807) is 36.1 Å². The number of nitrogens with one attached hydrogen (secondary N) is 2. The predicted molar refractivity (Wildman–Crippen MR) is 238 cm³/mol. The van der Waals surface area contributed by atoms with E-state index in [0.717, 1.165) is 50.6 Å². The van der Waals surface area contributed by atoms with Gasteiger partial charge in [-0.05, 0) is 69.8 Å². The number of allylic oxidation sites excluding steroid dienone is 15. The van der Waals surface area contributed by atoms with Gasteiger partial charge in [-0.15, -0.1) is 0 Å². The average molecular weight is 851 g/mol. The first-order chi connectivity index (χ1) is 29.0. The number of guanidine groups is 1. The first-order valence-electron chi connectivity index (χ1n) is 21.1. The average Bonchev–Trinajstić information content (AvgIpc) is 3.57. The van der Waals surface area contributed by atoms with E-state index in [1.165, 1.54) is 7.11 Å². The number of hydrogen-bond donors (Lipinski definition) is 7. The number of nitrogens with zero attached hydrogens (tertiary/aromatic N) is 1. The second-order valence-electron chi connectivity index (χ2n) is 15.8. The lowest BCUT2D eigenvalue weighted by molar-refractivity contribution is -0.303. The van der Waals surface area contributed by atoms with E-state index < -0.39 is 42.8 Å². The molecule has 61 heavy (non-hydrogen) atoms. The molecular formula is C47H70N4O10. The van der Waals surface area contributed by atoms with Crippen LogP contribution < -0.4 is 11.1 Å². The summed E-state index contributed by atoms with van der Waals surface area (Å²) in [6.07, 6.45) is 24.3. The van der Waals surface area contributed by atoms with Crippen molar-refractivity contribution in [2.45, 2.75) is 123 Å². The molecule has 2 rings (SSSR count). The Balaban J connectivity index is 2.02. The number of ether oxygens (including phenoxy) is 3. The highest BCUT2D eigenvalue weighted by molar-refractivity contribution is 6.04. The van der Waals surface area contributed by atoms with Gasteiger partial charge < -0.3 is 50.6 Å². The summed E-state index contributed by atoms with van der Waals surface area (Å²) < 4.78 is 16.9. The number of aliphatic hydroxyl groups excluding tert-OH is 3. The Bertz CT molecular complexity index is 1720. The van der Waals surface area contributed by atoms with Crippen LogP contribution in [0.1, 0.15) is 86.0 Å². The lowest BCUT2D eigenvalue weighted by Gasteiger charge is -2.40. The fourth-order valence-corrected chi connectivity index (χ4v) is 6.67. The number of hydrogen-bond acceptors (Lipinski definition) is 10. The van der Waals surface area contributed by atoms with Gasteiger partial charge >= 0.3 is 5.97 Å². The topological polar surface area (TPSA) is 225 Å². The largest absolute Gasteiger partial charge is 0.499 e. The molecule has 0 radical (unpaired) electrons. The van der Waals surface area contributed by atoms with Crippen LogP contribution in [0.3, 0.4) is 0 Å². The first kappa shape index (κ1) is 52.3. The third kappa shape index (κ3) is 18.7. The number of methoxy groups -OCH3 is 1. The highest BCUT2D eigenvalue weighted by atomic mass is 16.7. The maximum Gasteiger partial charge on any atom is 0.335 e. The maximum atomic E-state index is 12.5. The number of carboxylic acid groups (broad SMARTS) is 1. The Kier molecular flexibility index (Phi) is 23.9. The van der Waals surface area contributed by atoms with Crippen LogP contribution in [0.25, 0.3) is 0 Å². The molecule has 8 N–H and O–H groups in total. The van der Waals surface area contributed by atoms with E-state index in [0.29, 0.717) is 30.1 Å². The van der Waals surface area contributed by atoms with Gasteiger partial charge in [0, 0.05) is 37.9 Å². The van der Waals surface area contributed by atoms with E-state index >= 15 is 0 Å². The van der Waals surface area contributed by atoms with E-state index in [2.05, 4.69) is 49.5 Å². The molecule has 1 aliphatic carbocycles. The number of Topliss-reactive ketones (excluding diaryl/α,β-unsaturated/α-hetero) is 1. The minimum absolute atomic E-state index is 0.0830. The lowest BCUT2D eigenvalue weighted by Crippen LogP contribution is -2.61. The van der Waals surface area contributed by atoms with Crippen molar-refractivity contribution in [2.75, 3.05) is 20.7 Å². The molecule has 1 amide bonds. The number of aliphatic carboxylic acids is 1. The molecule has 1 fully saturated rings. The Morgan fingerprint density at radius 3 is 2.23 bits per heavy atom. The molecule has 9 atom stereocenters. The number of nitrogens with two attached hydrogens (primary N) is 1. The highest BCUT2D eigenvalue weighted by Gasteiger charge is 2.48. The van der Waals surface area contributed by atoms with Crippen molar-refractivity contribution < 1.29 is 49.0 Å². The molecule has 14 nitrogen and oxygen atoms in total. The van der Waals surface area contributed by atoms with Crippen molar-refractivity contribution in [3.05, 3.63) is 108 Å².